The molecule has 1 aromatic carbocycles. The van der Waals surface area contributed by atoms with Crippen molar-refractivity contribution in [1.29, 1.82) is 0 Å². The Kier molecular flexibility index (Phi) is 8.64. The van der Waals surface area contributed by atoms with Crippen LogP contribution in [0.5, 0.6) is 0 Å². The summed E-state index contributed by atoms with van der Waals surface area (Å²) in [6.07, 6.45) is 6.29. The van der Waals surface area contributed by atoms with E-state index in [0.717, 1.165) is 41.9 Å². The number of nitrogens with one attached hydrogen (secondary N) is 2. The van der Waals surface area contributed by atoms with Gasteiger partial charge in [-0.05, 0) is 88.5 Å². The number of thiophene rings is 1. The molecule has 0 fully saturated rings. The van der Waals surface area contributed by atoms with E-state index in [1.807, 2.05) is 20.8 Å². The SMILES string of the molecule is CCOC(=O)c1c(NC(=S)Nc2ccc(C(=O)OC(C)C)cc2)sc2c1CCCCCC2. The third kappa shape index (κ3) is 6.29. The van der Waals surface area contributed by atoms with Crippen LogP contribution in [0.15, 0.2) is 24.3 Å². The lowest BCUT2D eigenvalue weighted by molar-refractivity contribution is 0.0377. The second-order valence-corrected chi connectivity index (χ2v) is 9.47. The lowest BCUT2D eigenvalue weighted by Gasteiger charge is -2.13. The molecule has 0 spiro atoms. The van der Waals surface area contributed by atoms with Gasteiger partial charge in [0.25, 0.3) is 0 Å². The fourth-order valence-corrected chi connectivity index (χ4v) is 5.23. The van der Waals surface area contributed by atoms with Gasteiger partial charge >= 0.3 is 11.9 Å². The first-order valence-corrected chi connectivity index (χ1v) is 12.3. The summed E-state index contributed by atoms with van der Waals surface area (Å²) in [4.78, 5) is 26.0. The molecule has 0 amide bonds. The molecule has 1 aliphatic rings. The number of hydrogen-bond acceptors (Lipinski definition) is 6. The Morgan fingerprint density at radius 1 is 1.03 bits per heavy atom. The Balaban J connectivity index is 1.74. The molecule has 0 saturated carbocycles. The predicted octanol–water partition coefficient (Wildman–Crippen LogP) is 5.96. The van der Waals surface area contributed by atoms with Gasteiger partial charge in [-0.1, -0.05) is 12.8 Å². The maximum absolute atomic E-state index is 12.8. The number of thiocarbonyl (C=S) groups is 1. The minimum Gasteiger partial charge on any atom is -0.462 e. The zero-order valence-corrected chi connectivity index (χ0v) is 20.4. The zero-order chi connectivity index (χ0) is 23.1. The van der Waals surface area contributed by atoms with Gasteiger partial charge in [-0.15, -0.1) is 11.3 Å². The third-order valence-electron chi connectivity index (χ3n) is 5.10. The van der Waals surface area contributed by atoms with Gasteiger partial charge in [0.05, 0.1) is 23.8 Å². The number of anilines is 2. The summed E-state index contributed by atoms with van der Waals surface area (Å²) in [6.45, 7) is 5.77. The summed E-state index contributed by atoms with van der Waals surface area (Å²) in [5, 5.41) is 7.43. The average Bonchev–Trinajstić information content (AvgIpc) is 3.04. The molecule has 0 bridgehead atoms. The molecule has 0 unspecified atom stereocenters. The van der Waals surface area contributed by atoms with Crippen molar-refractivity contribution in [2.24, 2.45) is 0 Å². The Hall–Kier alpha value is -2.45. The molecule has 2 aromatic rings. The monoisotopic (exact) mass is 474 g/mol. The van der Waals surface area contributed by atoms with Gasteiger partial charge in [0.1, 0.15) is 5.00 Å². The van der Waals surface area contributed by atoms with Crippen LogP contribution in [0.1, 0.15) is 77.6 Å². The van der Waals surface area contributed by atoms with Crippen molar-refractivity contribution < 1.29 is 19.1 Å². The zero-order valence-electron chi connectivity index (χ0n) is 18.8. The molecule has 0 saturated heterocycles. The molecule has 0 atom stereocenters. The van der Waals surface area contributed by atoms with E-state index in [1.165, 1.54) is 17.7 Å². The summed E-state index contributed by atoms with van der Waals surface area (Å²) < 4.78 is 10.6. The van der Waals surface area contributed by atoms with E-state index in [0.29, 0.717) is 22.8 Å². The molecule has 1 aliphatic carbocycles. The highest BCUT2D eigenvalue weighted by molar-refractivity contribution is 7.80. The fraction of sp³-hybridized carbons (Fsp3) is 0.458. The maximum atomic E-state index is 12.8. The smallest absolute Gasteiger partial charge is 0.341 e. The number of rotatable bonds is 6. The van der Waals surface area contributed by atoms with Crippen LogP contribution in [0.25, 0.3) is 0 Å². The largest absolute Gasteiger partial charge is 0.462 e. The van der Waals surface area contributed by atoms with E-state index in [9.17, 15) is 9.59 Å². The molecule has 172 valence electrons. The maximum Gasteiger partial charge on any atom is 0.341 e. The molecule has 32 heavy (non-hydrogen) atoms. The number of hydrogen-bond donors (Lipinski definition) is 2. The van der Waals surface area contributed by atoms with Gasteiger partial charge in [-0.2, -0.15) is 0 Å². The van der Waals surface area contributed by atoms with Gasteiger partial charge in [0.15, 0.2) is 5.11 Å². The van der Waals surface area contributed by atoms with Crippen LogP contribution in [0.2, 0.25) is 0 Å². The second-order valence-electron chi connectivity index (χ2n) is 7.95. The van der Waals surface area contributed by atoms with E-state index in [1.54, 1.807) is 35.6 Å². The van der Waals surface area contributed by atoms with Crippen LogP contribution in [0.3, 0.4) is 0 Å². The summed E-state index contributed by atoms with van der Waals surface area (Å²) in [5.74, 6) is -0.661. The molecule has 0 aliphatic heterocycles. The highest BCUT2D eigenvalue weighted by Gasteiger charge is 2.25. The van der Waals surface area contributed by atoms with Crippen molar-refractivity contribution in [3.8, 4) is 0 Å². The molecule has 2 N–H and O–H groups in total. The van der Waals surface area contributed by atoms with Crippen LogP contribution in [0.4, 0.5) is 10.7 Å². The lowest BCUT2D eigenvalue weighted by atomic mass is 9.96. The third-order valence-corrected chi connectivity index (χ3v) is 6.51. The van der Waals surface area contributed by atoms with E-state index in [2.05, 4.69) is 10.6 Å². The van der Waals surface area contributed by atoms with E-state index >= 15 is 0 Å². The minimum absolute atomic E-state index is 0.170. The summed E-state index contributed by atoms with van der Waals surface area (Å²) in [6, 6.07) is 6.92. The Bertz CT molecular complexity index is 967. The van der Waals surface area contributed by atoms with Crippen molar-refractivity contribution in [3.63, 3.8) is 0 Å². The number of fused-ring (bicyclic) bond motifs is 1. The standard InChI is InChI=1S/C24H30N2O4S2/c1-4-29-23(28)20-18-9-7-5-6-8-10-19(18)32-21(20)26-24(31)25-17-13-11-16(12-14-17)22(27)30-15(2)3/h11-15H,4-10H2,1-3H3,(H2,25,26,31). The van der Waals surface area contributed by atoms with Crippen molar-refractivity contribution in [2.75, 3.05) is 17.2 Å². The van der Waals surface area contributed by atoms with E-state index in [4.69, 9.17) is 21.7 Å². The first-order chi connectivity index (χ1) is 15.4. The number of carbonyl (C=O) groups is 2. The predicted molar refractivity (Wildman–Crippen MR) is 133 cm³/mol. The summed E-state index contributed by atoms with van der Waals surface area (Å²) >= 11 is 7.09. The molecule has 3 rings (SSSR count). The van der Waals surface area contributed by atoms with Crippen molar-refractivity contribution in [3.05, 3.63) is 45.8 Å². The number of carbonyl (C=O) groups excluding carboxylic acids is 2. The highest BCUT2D eigenvalue weighted by Crippen LogP contribution is 2.37. The van der Waals surface area contributed by atoms with Crippen LogP contribution >= 0.6 is 23.6 Å². The second kappa shape index (κ2) is 11.4. The molecular weight excluding hydrogens is 444 g/mol. The normalized spacial score (nSPS) is 13.5. The topological polar surface area (TPSA) is 76.7 Å². The van der Waals surface area contributed by atoms with Gasteiger partial charge in [-0.3, -0.25) is 0 Å². The number of esters is 2. The van der Waals surface area contributed by atoms with E-state index < -0.39 is 0 Å². The minimum atomic E-state index is -0.359. The quantitative estimate of drug-likeness (QED) is 0.395. The average molecular weight is 475 g/mol. The molecule has 1 heterocycles. The summed E-state index contributed by atoms with van der Waals surface area (Å²) in [7, 11) is 0. The van der Waals surface area contributed by atoms with Crippen molar-refractivity contribution in [1.82, 2.24) is 0 Å². The molecule has 1 aromatic heterocycles. The molecule has 6 nitrogen and oxygen atoms in total. The first kappa shape index (κ1) is 24.2. The van der Waals surface area contributed by atoms with Crippen LogP contribution in [-0.2, 0) is 22.3 Å². The van der Waals surface area contributed by atoms with Crippen molar-refractivity contribution in [2.45, 2.75) is 65.4 Å². The molecule has 8 heteroatoms. The summed E-state index contributed by atoms with van der Waals surface area (Å²) in [5.41, 5.74) is 2.93. The van der Waals surface area contributed by atoms with Gasteiger partial charge in [0, 0.05) is 10.6 Å². The van der Waals surface area contributed by atoms with E-state index in [-0.39, 0.29) is 18.0 Å². The highest BCUT2D eigenvalue weighted by atomic mass is 32.1. The van der Waals surface area contributed by atoms with Crippen molar-refractivity contribution >= 4 is 51.3 Å². The van der Waals surface area contributed by atoms with Crippen LogP contribution in [0, 0.1) is 0 Å². The molecule has 0 radical (unpaired) electrons. The van der Waals surface area contributed by atoms with Crippen LogP contribution < -0.4 is 10.6 Å². The number of aryl methyl sites for hydroxylation is 1. The number of ether oxygens (including phenoxy) is 2. The lowest BCUT2D eigenvalue weighted by Crippen LogP contribution is -2.20. The molecular formula is C24H30N2O4S2. The number of benzene rings is 1. The Morgan fingerprint density at radius 3 is 2.38 bits per heavy atom. The fourth-order valence-electron chi connectivity index (χ4n) is 3.66. The van der Waals surface area contributed by atoms with Gasteiger partial charge in [0.2, 0.25) is 0 Å². The first-order valence-electron chi connectivity index (χ1n) is 11.1. The Labute approximate surface area is 198 Å². The van der Waals surface area contributed by atoms with Crippen LogP contribution in [-0.4, -0.2) is 29.8 Å². The Morgan fingerprint density at radius 2 is 1.72 bits per heavy atom. The van der Waals surface area contributed by atoms with Gasteiger partial charge in [-0.25, -0.2) is 9.59 Å². The van der Waals surface area contributed by atoms with Gasteiger partial charge < -0.3 is 20.1 Å².